The molecule has 2 aromatic carbocycles. The Hall–Kier alpha value is -3.12. The molecule has 0 aliphatic carbocycles. The van der Waals surface area contributed by atoms with Crippen LogP contribution >= 0.6 is 68.8 Å². The maximum Gasteiger partial charge on any atom is 0.114 e. The minimum atomic E-state index is 0.843. The van der Waals surface area contributed by atoms with E-state index in [1.807, 2.05) is 45.3 Å². The summed E-state index contributed by atoms with van der Waals surface area (Å²) in [4.78, 5) is 10.8. The van der Waals surface area contributed by atoms with E-state index in [2.05, 4.69) is 100 Å². The molecule has 0 saturated carbocycles. The summed E-state index contributed by atoms with van der Waals surface area (Å²) in [5.74, 6) is 1.69. The predicted octanol–water partition coefficient (Wildman–Crippen LogP) is 16.6. The standard InChI is InChI=1S/C46H50N4S6/c1-5-9-11-29(7-3)13-15-31-17-23-39(51-31)41-27-25-37(53-41)35-21-19-33(43-45(35)49-55-47-43)34-20-22-36(46-44(34)48-56-50-46)38-26-28-42(54-38)40-24-18-32(52-40)16-14-30(8-4)12-10-6-2/h17-30H,5-16H2,1-4H3. The molecular formula is C46H50N4S6. The number of nitrogens with zero attached hydrogens (tertiary/aromatic N) is 4. The van der Waals surface area contributed by atoms with Gasteiger partial charge < -0.3 is 0 Å². The highest BCUT2D eigenvalue weighted by Crippen LogP contribution is 2.45. The summed E-state index contributed by atoms with van der Waals surface area (Å²) in [5.41, 5.74) is 8.16. The number of aryl methyl sites for hydroxylation is 2. The van der Waals surface area contributed by atoms with Crippen LogP contribution in [0.1, 0.15) is 102 Å². The summed E-state index contributed by atoms with van der Waals surface area (Å²) in [6.45, 7) is 9.29. The lowest BCUT2D eigenvalue weighted by Gasteiger charge is -2.13. The topological polar surface area (TPSA) is 51.6 Å². The molecule has 6 aromatic heterocycles. The monoisotopic (exact) mass is 850 g/mol. The lowest BCUT2D eigenvalue weighted by molar-refractivity contribution is 0.423. The molecule has 0 spiro atoms. The molecule has 4 nitrogen and oxygen atoms in total. The van der Waals surface area contributed by atoms with Gasteiger partial charge in [0.2, 0.25) is 0 Å². The number of hydrogen-bond acceptors (Lipinski definition) is 10. The Balaban J connectivity index is 1.00. The number of benzene rings is 2. The van der Waals surface area contributed by atoms with Gasteiger partial charge in [0, 0.05) is 61.3 Å². The third-order valence-electron chi connectivity index (χ3n) is 11.4. The SMILES string of the molecule is CCCCC(CC)CCc1ccc(-c2ccc(-c3ccc(-c4ccc(-c5ccc(-c6ccc(CCC(CC)CCCC)s6)s5)c5nsnc45)c4nsnc34)s2)s1. The molecule has 290 valence electrons. The number of thiophene rings is 4. The van der Waals surface area contributed by atoms with Gasteiger partial charge in [-0.2, -0.15) is 17.5 Å². The molecule has 0 fully saturated rings. The fraction of sp³-hybridized carbons (Fsp3) is 0.391. The fourth-order valence-corrected chi connectivity index (χ4v) is 13.3. The second kappa shape index (κ2) is 18.6. The molecule has 0 radical (unpaired) electrons. The van der Waals surface area contributed by atoms with Gasteiger partial charge in [-0.1, -0.05) is 103 Å². The molecule has 8 aromatic rings. The van der Waals surface area contributed by atoms with Gasteiger partial charge in [-0.05, 0) is 86.1 Å². The molecule has 0 saturated heterocycles. The fourth-order valence-electron chi connectivity index (χ4n) is 7.87. The van der Waals surface area contributed by atoms with E-state index in [9.17, 15) is 0 Å². The Morgan fingerprint density at radius 2 is 0.750 bits per heavy atom. The van der Waals surface area contributed by atoms with Gasteiger partial charge in [-0.15, -0.1) is 45.3 Å². The zero-order chi connectivity index (χ0) is 38.4. The first kappa shape index (κ1) is 39.7. The highest BCUT2D eigenvalue weighted by Gasteiger charge is 2.21. The van der Waals surface area contributed by atoms with Gasteiger partial charge >= 0.3 is 0 Å². The zero-order valence-electron chi connectivity index (χ0n) is 32.8. The molecule has 0 bridgehead atoms. The number of unbranched alkanes of at least 4 members (excludes halogenated alkanes) is 2. The van der Waals surface area contributed by atoms with Crippen LogP contribution in [-0.2, 0) is 12.8 Å². The summed E-state index contributed by atoms with van der Waals surface area (Å²) < 4.78 is 19.4. The van der Waals surface area contributed by atoms with Crippen molar-refractivity contribution in [3.05, 3.63) is 82.6 Å². The zero-order valence-corrected chi connectivity index (χ0v) is 37.7. The van der Waals surface area contributed by atoms with Crippen LogP contribution in [0.4, 0.5) is 0 Å². The lowest BCUT2D eigenvalue weighted by Crippen LogP contribution is -2.00. The molecule has 2 atom stereocenters. The molecule has 6 heterocycles. The number of hydrogen-bond donors (Lipinski definition) is 0. The second-order valence-electron chi connectivity index (χ2n) is 15.0. The number of fused-ring (bicyclic) bond motifs is 2. The quantitative estimate of drug-likeness (QED) is 0.0813. The molecule has 0 aliphatic heterocycles. The van der Waals surface area contributed by atoms with E-state index in [0.29, 0.717) is 0 Å². The molecule has 0 amide bonds. The Morgan fingerprint density at radius 1 is 0.393 bits per heavy atom. The third kappa shape index (κ3) is 8.66. The maximum absolute atomic E-state index is 4.86. The Morgan fingerprint density at radius 3 is 1.16 bits per heavy atom. The smallest absolute Gasteiger partial charge is 0.114 e. The largest absolute Gasteiger partial charge is 0.172 e. The molecule has 2 unspecified atom stereocenters. The van der Waals surface area contributed by atoms with Crippen LogP contribution in [0, 0.1) is 11.8 Å². The Labute approximate surface area is 356 Å². The van der Waals surface area contributed by atoms with E-state index in [-0.39, 0.29) is 0 Å². The van der Waals surface area contributed by atoms with Crippen molar-refractivity contribution in [2.24, 2.45) is 11.8 Å². The average Bonchev–Trinajstić information content (AvgIpc) is 4.07. The van der Waals surface area contributed by atoms with E-state index in [0.717, 1.165) is 56.2 Å². The summed E-state index contributed by atoms with van der Waals surface area (Å²) in [6, 6.07) is 27.3. The summed E-state index contributed by atoms with van der Waals surface area (Å²) in [7, 11) is 0. The Bertz CT molecular complexity index is 2320. The lowest BCUT2D eigenvalue weighted by atomic mass is 9.94. The maximum atomic E-state index is 4.86. The van der Waals surface area contributed by atoms with Crippen molar-refractivity contribution in [1.82, 2.24) is 17.5 Å². The van der Waals surface area contributed by atoms with E-state index in [1.165, 1.54) is 140 Å². The highest BCUT2D eigenvalue weighted by molar-refractivity contribution is 7.24. The van der Waals surface area contributed by atoms with Crippen molar-refractivity contribution in [2.75, 3.05) is 0 Å². The van der Waals surface area contributed by atoms with Crippen molar-refractivity contribution < 1.29 is 0 Å². The summed E-state index contributed by atoms with van der Waals surface area (Å²) in [5, 5.41) is 0. The first-order chi connectivity index (χ1) is 27.6. The van der Waals surface area contributed by atoms with Gasteiger partial charge in [0.15, 0.2) is 0 Å². The molecule has 8 rings (SSSR count). The predicted molar refractivity (Wildman–Crippen MR) is 250 cm³/mol. The normalized spacial score (nSPS) is 13.0. The van der Waals surface area contributed by atoms with Crippen molar-refractivity contribution in [1.29, 1.82) is 0 Å². The van der Waals surface area contributed by atoms with Crippen molar-refractivity contribution >= 4 is 90.9 Å². The van der Waals surface area contributed by atoms with E-state index >= 15 is 0 Å². The van der Waals surface area contributed by atoms with Gasteiger partial charge in [-0.25, -0.2) is 0 Å². The van der Waals surface area contributed by atoms with Gasteiger partial charge in [0.05, 0.1) is 23.5 Å². The first-order valence-corrected chi connectivity index (χ1v) is 25.2. The minimum absolute atomic E-state index is 0.843. The molecular weight excluding hydrogens is 801 g/mol. The van der Waals surface area contributed by atoms with Crippen LogP contribution in [-0.4, -0.2) is 17.5 Å². The molecule has 10 heteroatoms. The van der Waals surface area contributed by atoms with Crippen LogP contribution in [0.25, 0.3) is 73.6 Å². The van der Waals surface area contributed by atoms with Crippen LogP contribution in [0.15, 0.2) is 72.8 Å². The van der Waals surface area contributed by atoms with Crippen molar-refractivity contribution in [3.63, 3.8) is 0 Å². The number of rotatable bonds is 19. The average molecular weight is 851 g/mol. The minimum Gasteiger partial charge on any atom is -0.172 e. The van der Waals surface area contributed by atoms with E-state index < -0.39 is 0 Å². The third-order valence-corrected chi connectivity index (χ3v) is 17.3. The van der Waals surface area contributed by atoms with Crippen LogP contribution in [0.5, 0.6) is 0 Å². The van der Waals surface area contributed by atoms with E-state index in [1.54, 1.807) is 0 Å². The van der Waals surface area contributed by atoms with E-state index in [4.69, 9.17) is 17.5 Å². The highest BCUT2D eigenvalue weighted by atomic mass is 32.1. The molecule has 0 N–H and O–H groups in total. The van der Waals surface area contributed by atoms with Gasteiger partial charge in [0.1, 0.15) is 22.1 Å². The van der Waals surface area contributed by atoms with Crippen LogP contribution < -0.4 is 0 Å². The second-order valence-corrected chi connectivity index (χ2v) is 20.6. The van der Waals surface area contributed by atoms with Gasteiger partial charge in [-0.3, -0.25) is 0 Å². The summed E-state index contributed by atoms with van der Waals surface area (Å²) in [6.07, 6.45) is 15.5. The van der Waals surface area contributed by atoms with Crippen LogP contribution in [0.3, 0.4) is 0 Å². The first-order valence-electron chi connectivity index (χ1n) is 20.5. The Kier molecular flexibility index (Phi) is 13.2. The number of aromatic nitrogens is 4. The molecule has 0 aliphatic rings. The molecule has 56 heavy (non-hydrogen) atoms. The summed E-state index contributed by atoms with van der Waals surface area (Å²) >= 11 is 10.2. The van der Waals surface area contributed by atoms with Gasteiger partial charge in [0.25, 0.3) is 0 Å². The van der Waals surface area contributed by atoms with Crippen LogP contribution in [0.2, 0.25) is 0 Å². The van der Waals surface area contributed by atoms with Crippen molar-refractivity contribution in [3.8, 4) is 51.5 Å². The van der Waals surface area contributed by atoms with Crippen molar-refractivity contribution in [2.45, 2.75) is 105 Å².